The Balaban J connectivity index is 1.57. The fourth-order valence-corrected chi connectivity index (χ4v) is 3.26. The molecule has 0 atom stereocenters. The number of benzene rings is 2. The number of phenols is 1. The Labute approximate surface area is 150 Å². The van der Waals surface area contributed by atoms with Crippen LogP contribution >= 0.6 is 0 Å². The number of hydrogen-bond acceptors (Lipinski definition) is 4. The van der Waals surface area contributed by atoms with E-state index in [-0.39, 0.29) is 5.75 Å². The molecule has 0 amide bonds. The van der Waals surface area contributed by atoms with E-state index in [0.717, 1.165) is 44.0 Å². The van der Waals surface area contributed by atoms with Gasteiger partial charge < -0.3 is 5.11 Å². The number of hydrazone groups is 1. The van der Waals surface area contributed by atoms with Gasteiger partial charge >= 0.3 is 0 Å². The van der Waals surface area contributed by atoms with E-state index in [1.54, 1.807) is 12.1 Å². The van der Waals surface area contributed by atoms with Gasteiger partial charge in [-0.1, -0.05) is 35.9 Å². The zero-order chi connectivity index (χ0) is 17.8. The van der Waals surface area contributed by atoms with Gasteiger partial charge in [0.2, 0.25) is 0 Å². The molecule has 0 aliphatic carbocycles. The lowest BCUT2D eigenvalue weighted by Gasteiger charge is -2.33. The first-order valence-corrected chi connectivity index (χ1v) is 8.89. The van der Waals surface area contributed by atoms with Crippen LogP contribution < -0.4 is 0 Å². The van der Waals surface area contributed by atoms with Crippen LogP contribution in [0.1, 0.15) is 29.2 Å². The largest absolute Gasteiger partial charge is 0.508 e. The van der Waals surface area contributed by atoms with Gasteiger partial charge in [0.25, 0.3) is 0 Å². The standard InChI is InChI=1S/C21H27N3O/c1-16-7-8-20(17(2)13-16)15-23-9-11-24(12-10-23)22-18(3)19-5-4-6-21(25)14-19/h4-8,13-14,25H,9-12,15H2,1-3H3. The van der Waals surface area contributed by atoms with Crippen molar-refractivity contribution in [2.45, 2.75) is 27.3 Å². The maximum atomic E-state index is 9.61. The molecule has 1 heterocycles. The summed E-state index contributed by atoms with van der Waals surface area (Å²) in [4.78, 5) is 2.49. The molecule has 3 rings (SSSR count). The minimum atomic E-state index is 0.283. The number of hydrogen-bond donors (Lipinski definition) is 1. The molecule has 0 aromatic heterocycles. The van der Waals surface area contributed by atoms with E-state index in [0.29, 0.717) is 0 Å². The van der Waals surface area contributed by atoms with Gasteiger partial charge in [0.1, 0.15) is 5.75 Å². The number of nitrogens with zero attached hydrogens (tertiary/aromatic N) is 3. The summed E-state index contributed by atoms with van der Waals surface area (Å²) in [5.74, 6) is 0.283. The van der Waals surface area contributed by atoms with Gasteiger partial charge in [-0.25, -0.2) is 0 Å². The second-order valence-electron chi connectivity index (χ2n) is 6.90. The third kappa shape index (κ3) is 4.60. The second-order valence-corrected chi connectivity index (χ2v) is 6.90. The molecule has 2 aromatic rings. The van der Waals surface area contributed by atoms with E-state index in [4.69, 9.17) is 5.10 Å². The summed E-state index contributed by atoms with van der Waals surface area (Å²) in [5.41, 5.74) is 6.03. The highest BCUT2D eigenvalue weighted by Gasteiger charge is 2.16. The number of aryl methyl sites for hydroxylation is 2. The van der Waals surface area contributed by atoms with Gasteiger partial charge in [0.05, 0.1) is 5.71 Å². The van der Waals surface area contributed by atoms with Crippen LogP contribution in [0.2, 0.25) is 0 Å². The van der Waals surface area contributed by atoms with Crippen molar-refractivity contribution in [2.24, 2.45) is 5.10 Å². The van der Waals surface area contributed by atoms with Crippen molar-refractivity contribution in [3.8, 4) is 5.75 Å². The van der Waals surface area contributed by atoms with Crippen molar-refractivity contribution in [1.82, 2.24) is 9.91 Å². The molecule has 1 saturated heterocycles. The first-order chi connectivity index (χ1) is 12.0. The normalized spacial score (nSPS) is 16.3. The molecule has 0 spiro atoms. The highest BCUT2D eigenvalue weighted by atomic mass is 16.3. The topological polar surface area (TPSA) is 39.1 Å². The third-order valence-electron chi connectivity index (χ3n) is 4.80. The van der Waals surface area contributed by atoms with Gasteiger partial charge in [0, 0.05) is 38.3 Å². The Morgan fingerprint density at radius 3 is 2.48 bits per heavy atom. The lowest BCUT2D eigenvalue weighted by atomic mass is 10.1. The van der Waals surface area contributed by atoms with Crippen LogP contribution in [0.15, 0.2) is 47.6 Å². The second kappa shape index (κ2) is 7.70. The van der Waals surface area contributed by atoms with E-state index >= 15 is 0 Å². The summed E-state index contributed by atoms with van der Waals surface area (Å²) in [6, 6.07) is 14.0. The number of piperazine rings is 1. The van der Waals surface area contributed by atoms with E-state index in [1.165, 1.54) is 16.7 Å². The van der Waals surface area contributed by atoms with Crippen molar-refractivity contribution in [3.05, 3.63) is 64.7 Å². The van der Waals surface area contributed by atoms with E-state index in [1.807, 2.05) is 19.1 Å². The average molecular weight is 337 g/mol. The highest BCUT2D eigenvalue weighted by Crippen LogP contribution is 2.16. The molecule has 0 bridgehead atoms. The van der Waals surface area contributed by atoms with Crippen molar-refractivity contribution in [2.75, 3.05) is 26.2 Å². The zero-order valence-corrected chi connectivity index (χ0v) is 15.4. The minimum absolute atomic E-state index is 0.283. The van der Waals surface area contributed by atoms with Crippen LogP contribution in [0.4, 0.5) is 0 Å². The SMILES string of the molecule is CC(=NN1CCN(Cc2ccc(C)cc2C)CC1)c1cccc(O)c1. The summed E-state index contributed by atoms with van der Waals surface area (Å²) in [5, 5.41) is 16.5. The molecule has 1 aliphatic rings. The molecule has 1 aliphatic heterocycles. The van der Waals surface area contributed by atoms with Gasteiger partial charge in [-0.3, -0.25) is 9.91 Å². The smallest absolute Gasteiger partial charge is 0.116 e. The molecular formula is C21H27N3O. The Morgan fingerprint density at radius 1 is 1.04 bits per heavy atom. The lowest BCUT2D eigenvalue weighted by molar-refractivity contribution is 0.130. The lowest BCUT2D eigenvalue weighted by Crippen LogP contribution is -2.43. The summed E-state index contributed by atoms with van der Waals surface area (Å²) >= 11 is 0. The van der Waals surface area contributed by atoms with Crippen LogP contribution in [-0.2, 0) is 6.54 Å². The van der Waals surface area contributed by atoms with Crippen LogP contribution in [0.3, 0.4) is 0 Å². The maximum Gasteiger partial charge on any atom is 0.116 e. The summed E-state index contributed by atoms with van der Waals surface area (Å²) in [6.07, 6.45) is 0. The van der Waals surface area contributed by atoms with Crippen LogP contribution in [0.25, 0.3) is 0 Å². The fourth-order valence-electron chi connectivity index (χ4n) is 3.26. The molecule has 25 heavy (non-hydrogen) atoms. The molecule has 4 nitrogen and oxygen atoms in total. The predicted molar refractivity (Wildman–Crippen MR) is 103 cm³/mol. The van der Waals surface area contributed by atoms with E-state index in [9.17, 15) is 5.11 Å². The van der Waals surface area contributed by atoms with Crippen molar-refractivity contribution < 1.29 is 5.11 Å². The Hall–Kier alpha value is -2.33. The molecule has 0 saturated carbocycles. The minimum Gasteiger partial charge on any atom is -0.508 e. The van der Waals surface area contributed by atoms with Gasteiger partial charge in [-0.05, 0) is 44.0 Å². The zero-order valence-electron chi connectivity index (χ0n) is 15.4. The monoisotopic (exact) mass is 337 g/mol. The maximum absolute atomic E-state index is 9.61. The summed E-state index contributed by atoms with van der Waals surface area (Å²) < 4.78 is 0. The molecule has 132 valence electrons. The van der Waals surface area contributed by atoms with Gasteiger partial charge in [0.15, 0.2) is 0 Å². The van der Waals surface area contributed by atoms with E-state index < -0.39 is 0 Å². The Kier molecular flexibility index (Phi) is 5.39. The first-order valence-electron chi connectivity index (χ1n) is 8.89. The molecule has 1 fully saturated rings. The first kappa shape index (κ1) is 17.5. The molecule has 2 aromatic carbocycles. The number of aromatic hydroxyl groups is 1. The summed E-state index contributed by atoms with van der Waals surface area (Å²) in [7, 11) is 0. The third-order valence-corrected chi connectivity index (χ3v) is 4.80. The Bertz CT molecular complexity index is 761. The van der Waals surface area contributed by atoms with Crippen LogP contribution in [0, 0.1) is 13.8 Å². The average Bonchev–Trinajstić information content (AvgIpc) is 2.59. The quantitative estimate of drug-likeness (QED) is 0.867. The van der Waals surface area contributed by atoms with Gasteiger partial charge in [-0.2, -0.15) is 5.10 Å². The number of rotatable bonds is 4. The molecule has 0 unspecified atom stereocenters. The van der Waals surface area contributed by atoms with E-state index in [2.05, 4.69) is 42.0 Å². The van der Waals surface area contributed by atoms with Crippen molar-refractivity contribution >= 4 is 5.71 Å². The molecular weight excluding hydrogens is 310 g/mol. The molecule has 1 N–H and O–H groups in total. The predicted octanol–water partition coefficient (Wildman–Crippen LogP) is 3.55. The molecule has 4 heteroatoms. The van der Waals surface area contributed by atoms with Crippen molar-refractivity contribution in [3.63, 3.8) is 0 Å². The summed E-state index contributed by atoms with van der Waals surface area (Å²) in [6.45, 7) is 11.2. The van der Waals surface area contributed by atoms with Crippen LogP contribution in [-0.4, -0.2) is 46.9 Å². The molecule has 0 radical (unpaired) electrons. The van der Waals surface area contributed by atoms with Crippen LogP contribution in [0.5, 0.6) is 5.75 Å². The van der Waals surface area contributed by atoms with Gasteiger partial charge in [-0.15, -0.1) is 0 Å². The number of phenolic OH excluding ortho intramolecular Hbond substituents is 1. The fraction of sp³-hybridized carbons (Fsp3) is 0.381. The van der Waals surface area contributed by atoms with Crippen molar-refractivity contribution in [1.29, 1.82) is 0 Å². The highest BCUT2D eigenvalue weighted by molar-refractivity contribution is 5.98. The Morgan fingerprint density at radius 2 is 1.80 bits per heavy atom.